The highest BCUT2D eigenvalue weighted by Gasteiger charge is 2.17. The number of fused-ring (bicyclic) bond motifs is 1. The van der Waals surface area contributed by atoms with Gasteiger partial charge in [-0.05, 0) is 44.1 Å². The monoisotopic (exact) mass is 358 g/mol. The lowest BCUT2D eigenvalue weighted by atomic mass is 9.94. The number of nitrogen functional groups attached to an aromatic ring is 1. The molecule has 3 aromatic rings. The Morgan fingerprint density at radius 1 is 1.24 bits per heavy atom. The maximum Gasteiger partial charge on any atom is 0.213 e. The Balaban J connectivity index is 1.48. The first-order valence-corrected chi connectivity index (χ1v) is 9.15. The number of nitrogens with zero attached hydrogens (tertiary/aromatic N) is 2. The molecule has 130 valence electrons. The van der Waals surface area contributed by atoms with E-state index < -0.39 is 5.82 Å². The summed E-state index contributed by atoms with van der Waals surface area (Å²) in [6.07, 6.45) is 2.18. The number of nitrogens with one attached hydrogen (secondary N) is 1. The van der Waals surface area contributed by atoms with Gasteiger partial charge in [0.05, 0.1) is 4.70 Å². The second kappa shape index (κ2) is 6.93. The minimum Gasteiger partial charge on any atom is -0.470 e. The van der Waals surface area contributed by atoms with E-state index in [0.717, 1.165) is 36.3 Å². The molecule has 1 fully saturated rings. The number of ether oxygens (including phenoxy) is 1. The predicted molar refractivity (Wildman–Crippen MR) is 97.4 cm³/mol. The zero-order valence-electron chi connectivity index (χ0n) is 13.7. The van der Waals surface area contributed by atoms with Crippen molar-refractivity contribution < 1.29 is 9.13 Å². The van der Waals surface area contributed by atoms with Crippen molar-refractivity contribution >= 4 is 27.2 Å². The Kier molecular flexibility index (Phi) is 4.50. The smallest absolute Gasteiger partial charge is 0.213 e. The van der Waals surface area contributed by atoms with Crippen LogP contribution in [0.2, 0.25) is 0 Å². The van der Waals surface area contributed by atoms with Crippen molar-refractivity contribution in [3.63, 3.8) is 0 Å². The summed E-state index contributed by atoms with van der Waals surface area (Å²) in [4.78, 5) is 8.94. The summed E-state index contributed by atoms with van der Waals surface area (Å²) in [6, 6.07) is 8.89. The third kappa shape index (κ3) is 3.57. The van der Waals surface area contributed by atoms with Gasteiger partial charge in [-0.25, -0.2) is 14.4 Å². The van der Waals surface area contributed by atoms with Gasteiger partial charge in [0.15, 0.2) is 5.82 Å². The van der Waals surface area contributed by atoms with Gasteiger partial charge >= 0.3 is 0 Å². The molecule has 0 saturated carbocycles. The van der Waals surface area contributed by atoms with Gasteiger partial charge < -0.3 is 15.8 Å². The van der Waals surface area contributed by atoms with Crippen LogP contribution in [0.4, 0.5) is 10.1 Å². The zero-order chi connectivity index (χ0) is 17.2. The number of benzene rings is 1. The van der Waals surface area contributed by atoms with E-state index >= 15 is 0 Å². The number of piperidine rings is 1. The van der Waals surface area contributed by atoms with Crippen molar-refractivity contribution in [1.82, 2.24) is 15.3 Å². The summed E-state index contributed by atoms with van der Waals surface area (Å²) in [5, 5.41) is 4.06. The minimum atomic E-state index is -0.400. The maximum absolute atomic E-state index is 13.9. The molecule has 5 nitrogen and oxygen atoms in total. The first-order chi connectivity index (χ1) is 12.2. The number of hydrogen-bond acceptors (Lipinski definition) is 6. The van der Waals surface area contributed by atoms with Crippen LogP contribution in [0.1, 0.15) is 29.5 Å². The minimum absolute atomic E-state index is 0.265. The van der Waals surface area contributed by atoms with E-state index in [0.29, 0.717) is 28.0 Å². The van der Waals surface area contributed by atoms with Crippen LogP contribution in [0.25, 0.3) is 10.2 Å². The summed E-state index contributed by atoms with van der Waals surface area (Å²) >= 11 is 1.38. The molecular weight excluding hydrogens is 339 g/mol. The highest BCUT2D eigenvalue weighted by Crippen LogP contribution is 2.28. The van der Waals surface area contributed by atoms with E-state index in [2.05, 4.69) is 21.4 Å². The molecular formula is C18H19FN4OS. The van der Waals surface area contributed by atoms with E-state index in [1.165, 1.54) is 17.4 Å². The molecule has 0 unspecified atom stereocenters. The van der Waals surface area contributed by atoms with Crippen LogP contribution < -0.4 is 15.8 Å². The predicted octanol–water partition coefficient (Wildman–Crippen LogP) is 3.46. The summed E-state index contributed by atoms with van der Waals surface area (Å²) in [6.45, 7) is 2.32. The first-order valence-electron chi connectivity index (χ1n) is 8.34. The molecule has 1 aliphatic rings. The molecule has 0 spiro atoms. The summed E-state index contributed by atoms with van der Waals surface area (Å²) < 4.78 is 20.4. The molecule has 1 aromatic carbocycles. The number of aromatic nitrogens is 2. The van der Waals surface area contributed by atoms with Gasteiger partial charge in [-0.15, -0.1) is 11.3 Å². The van der Waals surface area contributed by atoms with Crippen molar-refractivity contribution in [1.29, 1.82) is 0 Å². The fourth-order valence-electron chi connectivity index (χ4n) is 3.11. The number of rotatable bonds is 4. The van der Waals surface area contributed by atoms with Gasteiger partial charge in [0, 0.05) is 23.4 Å². The van der Waals surface area contributed by atoms with E-state index in [4.69, 9.17) is 10.5 Å². The molecule has 0 bridgehead atoms. The second-order valence-corrected chi connectivity index (χ2v) is 7.29. The standard InChI is InChI=1S/C18H19FN4OS/c19-13-8-12(20)9-15-18(13)23-17(25-15)10-24-16-3-1-2-14(22-16)11-4-6-21-7-5-11/h1-3,8-9,11,21H,4-7,10,20H2. The molecule has 0 radical (unpaired) electrons. The first kappa shape index (κ1) is 16.2. The normalized spacial score (nSPS) is 15.6. The molecule has 3 heterocycles. The van der Waals surface area contributed by atoms with Gasteiger partial charge in [-0.3, -0.25) is 0 Å². The zero-order valence-corrected chi connectivity index (χ0v) is 14.5. The van der Waals surface area contributed by atoms with Crippen molar-refractivity contribution in [2.75, 3.05) is 18.8 Å². The number of halogens is 1. The van der Waals surface area contributed by atoms with Crippen LogP contribution in [0.15, 0.2) is 30.3 Å². The molecule has 0 aliphatic carbocycles. The van der Waals surface area contributed by atoms with Crippen LogP contribution in [-0.4, -0.2) is 23.1 Å². The number of nitrogens with two attached hydrogens (primary N) is 1. The van der Waals surface area contributed by atoms with Crippen LogP contribution in [0.3, 0.4) is 0 Å². The van der Waals surface area contributed by atoms with Crippen LogP contribution in [0.5, 0.6) is 5.88 Å². The molecule has 25 heavy (non-hydrogen) atoms. The number of anilines is 1. The topological polar surface area (TPSA) is 73.1 Å². The average Bonchev–Trinajstić information content (AvgIpc) is 3.04. The summed E-state index contributed by atoms with van der Waals surface area (Å²) in [7, 11) is 0. The van der Waals surface area contributed by atoms with E-state index in [-0.39, 0.29) is 6.61 Å². The lowest BCUT2D eigenvalue weighted by Crippen LogP contribution is -2.27. The van der Waals surface area contributed by atoms with E-state index in [1.807, 2.05) is 12.1 Å². The highest BCUT2D eigenvalue weighted by molar-refractivity contribution is 7.18. The lowest BCUT2D eigenvalue weighted by Gasteiger charge is -2.22. The molecule has 0 atom stereocenters. The Morgan fingerprint density at radius 2 is 2.08 bits per heavy atom. The lowest BCUT2D eigenvalue weighted by molar-refractivity contribution is 0.291. The Morgan fingerprint density at radius 3 is 2.92 bits per heavy atom. The summed E-state index contributed by atoms with van der Waals surface area (Å²) in [5.74, 6) is 0.656. The summed E-state index contributed by atoms with van der Waals surface area (Å²) in [5.41, 5.74) is 7.49. The van der Waals surface area contributed by atoms with Crippen molar-refractivity contribution in [3.05, 3.63) is 46.9 Å². The van der Waals surface area contributed by atoms with Gasteiger partial charge in [0.25, 0.3) is 0 Å². The van der Waals surface area contributed by atoms with Gasteiger partial charge in [0.1, 0.15) is 17.1 Å². The average molecular weight is 358 g/mol. The van der Waals surface area contributed by atoms with Crippen molar-refractivity contribution in [3.8, 4) is 5.88 Å². The Bertz CT molecular complexity index is 892. The number of hydrogen-bond donors (Lipinski definition) is 2. The van der Waals surface area contributed by atoms with Crippen LogP contribution >= 0.6 is 11.3 Å². The van der Waals surface area contributed by atoms with Gasteiger partial charge in [0.2, 0.25) is 5.88 Å². The molecule has 1 saturated heterocycles. The second-order valence-electron chi connectivity index (χ2n) is 6.17. The third-order valence-electron chi connectivity index (χ3n) is 4.36. The quantitative estimate of drug-likeness (QED) is 0.699. The maximum atomic E-state index is 13.9. The number of thiazole rings is 1. The largest absolute Gasteiger partial charge is 0.470 e. The third-order valence-corrected chi connectivity index (χ3v) is 5.34. The molecule has 4 rings (SSSR count). The fourth-order valence-corrected chi connectivity index (χ4v) is 4.05. The van der Waals surface area contributed by atoms with Gasteiger partial charge in [-0.2, -0.15) is 0 Å². The highest BCUT2D eigenvalue weighted by atomic mass is 32.1. The van der Waals surface area contributed by atoms with E-state index in [9.17, 15) is 4.39 Å². The number of pyridine rings is 1. The van der Waals surface area contributed by atoms with Crippen molar-refractivity contribution in [2.24, 2.45) is 0 Å². The Hall–Kier alpha value is -2.25. The Labute approximate surface area is 149 Å². The molecule has 7 heteroatoms. The van der Waals surface area contributed by atoms with Gasteiger partial charge in [-0.1, -0.05) is 6.07 Å². The molecule has 3 N–H and O–H groups in total. The SMILES string of the molecule is Nc1cc(F)c2nc(COc3cccc(C4CCNCC4)n3)sc2c1. The fraction of sp³-hybridized carbons (Fsp3) is 0.333. The molecule has 2 aromatic heterocycles. The van der Waals surface area contributed by atoms with E-state index in [1.54, 1.807) is 6.07 Å². The molecule has 0 amide bonds. The van der Waals surface area contributed by atoms with Crippen LogP contribution in [-0.2, 0) is 6.61 Å². The molecule has 1 aliphatic heterocycles. The van der Waals surface area contributed by atoms with Crippen molar-refractivity contribution in [2.45, 2.75) is 25.4 Å². The van der Waals surface area contributed by atoms with Crippen LogP contribution in [0, 0.1) is 5.82 Å².